The molecule has 2 rings (SSSR count). The summed E-state index contributed by atoms with van der Waals surface area (Å²) in [6.45, 7) is 1.82. The van der Waals surface area contributed by atoms with Crippen LogP contribution in [0.5, 0.6) is 0 Å². The Kier molecular flexibility index (Phi) is 4.49. The molecule has 2 amide bonds. The number of halogens is 2. The van der Waals surface area contributed by atoms with Crippen LogP contribution in [0.2, 0.25) is 0 Å². The van der Waals surface area contributed by atoms with E-state index in [9.17, 15) is 13.6 Å². The van der Waals surface area contributed by atoms with Gasteiger partial charge in [0.2, 0.25) is 0 Å². The van der Waals surface area contributed by atoms with Crippen molar-refractivity contribution in [2.45, 2.75) is 13.0 Å². The Morgan fingerprint density at radius 2 is 1.90 bits per heavy atom. The fraction of sp³-hybridized carbons (Fsp3) is 0.133. The fourth-order valence-electron chi connectivity index (χ4n) is 1.78. The first kappa shape index (κ1) is 14.9. The van der Waals surface area contributed by atoms with E-state index in [-0.39, 0.29) is 11.7 Å². The molecule has 1 atom stereocenters. The van der Waals surface area contributed by atoms with E-state index in [0.29, 0.717) is 5.69 Å². The van der Waals surface area contributed by atoms with Gasteiger partial charge in [0.1, 0.15) is 11.6 Å². The van der Waals surface area contributed by atoms with Crippen molar-refractivity contribution in [3.63, 3.8) is 0 Å². The predicted molar refractivity (Wildman–Crippen MR) is 78.0 cm³/mol. The van der Waals surface area contributed by atoms with Crippen LogP contribution in [-0.4, -0.2) is 6.03 Å². The minimum atomic E-state index is -0.712. The van der Waals surface area contributed by atoms with Crippen molar-refractivity contribution >= 4 is 17.4 Å². The number of amides is 2. The third-order valence-corrected chi connectivity index (χ3v) is 2.85. The Labute approximate surface area is 121 Å². The highest BCUT2D eigenvalue weighted by molar-refractivity contribution is 5.99. The normalized spacial score (nSPS) is 11.8. The summed E-state index contributed by atoms with van der Waals surface area (Å²) in [6.07, 6.45) is 0. The lowest BCUT2D eigenvalue weighted by Gasteiger charge is -2.11. The van der Waals surface area contributed by atoms with Gasteiger partial charge in [0.25, 0.3) is 0 Å². The first-order valence-electron chi connectivity index (χ1n) is 6.34. The van der Waals surface area contributed by atoms with Gasteiger partial charge in [0, 0.05) is 17.8 Å². The molecule has 0 spiro atoms. The van der Waals surface area contributed by atoms with Crippen molar-refractivity contribution < 1.29 is 13.6 Å². The van der Waals surface area contributed by atoms with Crippen LogP contribution in [0.25, 0.3) is 0 Å². The number of rotatable bonds is 3. The average Bonchev–Trinajstić information content (AvgIpc) is 2.43. The molecule has 2 aromatic rings. The Morgan fingerprint density at radius 1 is 1.14 bits per heavy atom. The first-order valence-corrected chi connectivity index (χ1v) is 6.34. The SMILES string of the molecule is CC(N)c1cccc(NC(=O)Nc2cc(F)ccc2F)c1. The third-order valence-electron chi connectivity index (χ3n) is 2.85. The van der Waals surface area contributed by atoms with Gasteiger partial charge in [-0.2, -0.15) is 0 Å². The molecule has 21 heavy (non-hydrogen) atoms. The highest BCUT2D eigenvalue weighted by Crippen LogP contribution is 2.18. The van der Waals surface area contributed by atoms with Crippen molar-refractivity contribution in [1.29, 1.82) is 0 Å². The maximum atomic E-state index is 13.4. The summed E-state index contributed by atoms with van der Waals surface area (Å²) in [5.41, 5.74) is 6.89. The standard InChI is InChI=1S/C15H15F2N3O/c1-9(18)10-3-2-4-12(7-10)19-15(21)20-14-8-11(16)5-6-13(14)17/h2-9H,18H2,1H3,(H2,19,20,21). The molecule has 0 aliphatic rings. The molecule has 4 N–H and O–H groups in total. The summed E-state index contributed by atoms with van der Waals surface area (Å²) < 4.78 is 26.4. The molecule has 1 unspecified atom stereocenters. The molecule has 0 fully saturated rings. The second-order valence-corrected chi connectivity index (χ2v) is 4.62. The maximum Gasteiger partial charge on any atom is 0.323 e. The van der Waals surface area contributed by atoms with E-state index >= 15 is 0 Å². The molecule has 110 valence electrons. The van der Waals surface area contributed by atoms with Gasteiger partial charge < -0.3 is 16.4 Å². The highest BCUT2D eigenvalue weighted by Gasteiger charge is 2.09. The lowest BCUT2D eigenvalue weighted by atomic mass is 10.1. The molecule has 0 saturated heterocycles. The maximum absolute atomic E-state index is 13.4. The van der Waals surface area contributed by atoms with Crippen LogP contribution in [0.4, 0.5) is 25.0 Å². The van der Waals surface area contributed by atoms with E-state index in [4.69, 9.17) is 5.73 Å². The lowest BCUT2D eigenvalue weighted by molar-refractivity contribution is 0.262. The van der Waals surface area contributed by atoms with Crippen molar-refractivity contribution in [2.75, 3.05) is 10.6 Å². The summed E-state index contributed by atoms with van der Waals surface area (Å²) in [5.74, 6) is -1.35. The van der Waals surface area contributed by atoms with Gasteiger partial charge in [-0.3, -0.25) is 0 Å². The Morgan fingerprint density at radius 3 is 2.62 bits per heavy atom. The van der Waals surface area contributed by atoms with Crippen LogP contribution >= 0.6 is 0 Å². The summed E-state index contributed by atoms with van der Waals surface area (Å²) >= 11 is 0. The van der Waals surface area contributed by atoms with Gasteiger partial charge in [0.05, 0.1) is 5.69 Å². The van der Waals surface area contributed by atoms with E-state index in [2.05, 4.69) is 10.6 Å². The topological polar surface area (TPSA) is 67.1 Å². The molecular weight excluding hydrogens is 276 g/mol. The number of nitrogens with two attached hydrogens (primary N) is 1. The second-order valence-electron chi connectivity index (χ2n) is 4.62. The fourth-order valence-corrected chi connectivity index (χ4v) is 1.78. The second kappa shape index (κ2) is 6.32. The van der Waals surface area contributed by atoms with Crippen molar-refractivity contribution in [1.82, 2.24) is 0 Å². The van der Waals surface area contributed by atoms with Crippen molar-refractivity contribution in [3.05, 3.63) is 59.7 Å². The largest absolute Gasteiger partial charge is 0.324 e. The molecule has 2 aromatic carbocycles. The van der Waals surface area contributed by atoms with E-state index in [1.165, 1.54) is 0 Å². The van der Waals surface area contributed by atoms with E-state index < -0.39 is 17.7 Å². The molecule has 0 aromatic heterocycles. The minimum Gasteiger partial charge on any atom is -0.324 e. The third kappa shape index (κ3) is 4.00. The van der Waals surface area contributed by atoms with Crippen LogP contribution in [0.3, 0.4) is 0 Å². The molecule has 0 saturated carbocycles. The number of hydrogen-bond acceptors (Lipinski definition) is 2. The van der Waals surface area contributed by atoms with Gasteiger partial charge in [-0.25, -0.2) is 13.6 Å². The van der Waals surface area contributed by atoms with Gasteiger partial charge in [-0.1, -0.05) is 12.1 Å². The monoisotopic (exact) mass is 291 g/mol. The number of carbonyl (C=O) groups excluding carboxylic acids is 1. The average molecular weight is 291 g/mol. The molecule has 0 bridgehead atoms. The molecule has 0 aliphatic heterocycles. The van der Waals surface area contributed by atoms with Crippen molar-refractivity contribution in [3.8, 4) is 0 Å². The zero-order valence-electron chi connectivity index (χ0n) is 11.4. The van der Waals surface area contributed by atoms with Crippen LogP contribution in [-0.2, 0) is 0 Å². The summed E-state index contributed by atoms with van der Waals surface area (Å²) in [6, 6.07) is 8.97. The molecule has 0 radical (unpaired) electrons. The summed E-state index contributed by atoms with van der Waals surface area (Å²) in [5, 5.41) is 4.79. The Balaban J connectivity index is 2.08. The molecule has 6 heteroatoms. The predicted octanol–water partition coefficient (Wildman–Crippen LogP) is 3.63. The number of nitrogens with one attached hydrogen (secondary N) is 2. The Bertz CT molecular complexity index is 659. The Hall–Kier alpha value is -2.47. The molecule has 0 aliphatic carbocycles. The smallest absolute Gasteiger partial charge is 0.323 e. The number of carbonyl (C=O) groups is 1. The van der Waals surface area contributed by atoms with Crippen molar-refractivity contribution in [2.24, 2.45) is 5.73 Å². The van der Waals surface area contributed by atoms with Crippen LogP contribution in [0.15, 0.2) is 42.5 Å². The minimum absolute atomic E-state index is 0.171. The molecule has 0 heterocycles. The van der Waals surface area contributed by atoms with E-state index in [1.54, 1.807) is 18.2 Å². The lowest BCUT2D eigenvalue weighted by Crippen LogP contribution is -2.20. The molecule has 4 nitrogen and oxygen atoms in total. The first-order chi connectivity index (χ1) is 9.95. The quantitative estimate of drug-likeness (QED) is 0.808. The summed E-state index contributed by atoms with van der Waals surface area (Å²) in [4.78, 5) is 11.8. The van der Waals surface area contributed by atoms with Gasteiger partial charge in [-0.15, -0.1) is 0 Å². The number of urea groups is 1. The zero-order chi connectivity index (χ0) is 15.4. The summed E-state index contributed by atoms with van der Waals surface area (Å²) in [7, 11) is 0. The van der Waals surface area contributed by atoms with E-state index in [1.807, 2.05) is 13.0 Å². The zero-order valence-corrected chi connectivity index (χ0v) is 11.4. The van der Waals surface area contributed by atoms with E-state index in [0.717, 1.165) is 23.8 Å². The number of anilines is 2. The highest BCUT2D eigenvalue weighted by atomic mass is 19.1. The van der Waals surface area contributed by atoms with Crippen LogP contribution in [0, 0.1) is 11.6 Å². The van der Waals surface area contributed by atoms with Crippen LogP contribution < -0.4 is 16.4 Å². The molecular formula is C15H15F2N3O. The number of hydrogen-bond donors (Lipinski definition) is 3. The number of benzene rings is 2. The van der Waals surface area contributed by atoms with Gasteiger partial charge >= 0.3 is 6.03 Å². The van der Waals surface area contributed by atoms with Crippen LogP contribution in [0.1, 0.15) is 18.5 Å². The van der Waals surface area contributed by atoms with Gasteiger partial charge in [0.15, 0.2) is 0 Å². The van der Waals surface area contributed by atoms with Gasteiger partial charge in [-0.05, 0) is 36.8 Å².